The fourth-order valence-corrected chi connectivity index (χ4v) is 2.34. The van der Waals surface area contributed by atoms with E-state index in [1.807, 2.05) is 6.92 Å². The van der Waals surface area contributed by atoms with Gasteiger partial charge in [0.1, 0.15) is 0 Å². The summed E-state index contributed by atoms with van der Waals surface area (Å²) in [5.74, 6) is -0.976. The molecule has 98 valence electrons. The van der Waals surface area contributed by atoms with Crippen LogP contribution < -0.4 is 5.32 Å². The van der Waals surface area contributed by atoms with Crippen LogP contribution in [-0.4, -0.2) is 29.8 Å². The number of benzene rings is 1. The maximum absolute atomic E-state index is 10.8. The first-order valence-electron chi connectivity index (χ1n) is 5.99. The van der Waals surface area contributed by atoms with Crippen LogP contribution in [0.1, 0.15) is 30.1 Å². The molecule has 1 fully saturated rings. The van der Waals surface area contributed by atoms with Gasteiger partial charge in [0.05, 0.1) is 22.4 Å². The average molecular weight is 270 g/mol. The Morgan fingerprint density at radius 2 is 2.39 bits per heavy atom. The Kier molecular flexibility index (Phi) is 4.09. The molecule has 0 saturated carbocycles. The van der Waals surface area contributed by atoms with Gasteiger partial charge in [-0.25, -0.2) is 4.79 Å². The predicted octanol–water partition coefficient (Wildman–Crippen LogP) is 3.02. The Labute approximate surface area is 111 Å². The first kappa shape index (κ1) is 13.2. The van der Waals surface area contributed by atoms with E-state index < -0.39 is 5.97 Å². The zero-order valence-corrected chi connectivity index (χ0v) is 10.9. The number of carbonyl (C=O) groups is 1. The Morgan fingerprint density at radius 1 is 1.61 bits per heavy atom. The molecule has 18 heavy (non-hydrogen) atoms. The van der Waals surface area contributed by atoms with E-state index in [9.17, 15) is 4.79 Å². The molecule has 1 aromatic carbocycles. The van der Waals surface area contributed by atoms with Crippen molar-refractivity contribution < 1.29 is 14.6 Å². The van der Waals surface area contributed by atoms with E-state index in [1.165, 1.54) is 6.07 Å². The Bertz CT molecular complexity index is 444. The minimum Gasteiger partial charge on any atom is -0.478 e. The van der Waals surface area contributed by atoms with E-state index in [0.29, 0.717) is 5.02 Å². The lowest BCUT2D eigenvalue weighted by Crippen LogP contribution is -2.30. The number of ether oxygens (including phenoxy) is 1. The standard InChI is InChI=1S/C13H16ClNO3/c1-8(12-3-2-6-18-12)15-11-5-4-9(13(16)17)7-10(11)14/h4-5,7-8,12,15H,2-3,6H2,1H3,(H,16,17). The van der Waals surface area contributed by atoms with Gasteiger partial charge in [-0.15, -0.1) is 0 Å². The molecule has 2 rings (SSSR count). The quantitative estimate of drug-likeness (QED) is 0.882. The molecule has 2 unspecified atom stereocenters. The van der Waals surface area contributed by atoms with Gasteiger partial charge in [-0.3, -0.25) is 0 Å². The smallest absolute Gasteiger partial charge is 0.335 e. The highest BCUT2D eigenvalue weighted by atomic mass is 35.5. The number of hydrogen-bond acceptors (Lipinski definition) is 3. The van der Waals surface area contributed by atoms with Crippen LogP contribution in [0.2, 0.25) is 5.02 Å². The molecule has 1 heterocycles. The van der Waals surface area contributed by atoms with Crippen molar-refractivity contribution in [1.82, 2.24) is 0 Å². The predicted molar refractivity (Wildman–Crippen MR) is 70.5 cm³/mol. The Hall–Kier alpha value is -1.26. The summed E-state index contributed by atoms with van der Waals surface area (Å²) in [7, 11) is 0. The van der Waals surface area contributed by atoms with Crippen LogP contribution in [0.25, 0.3) is 0 Å². The van der Waals surface area contributed by atoms with Crippen molar-refractivity contribution in [2.45, 2.75) is 31.9 Å². The van der Waals surface area contributed by atoms with E-state index in [2.05, 4.69) is 5.32 Å². The maximum atomic E-state index is 10.8. The Morgan fingerprint density at radius 3 is 2.94 bits per heavy atom. The van der Waals surface area contributed by atoms with Crippen LogP contribution in [-0.2, 0) is 4.74 Å². The van der Waals surface area contributed by atoms with E-state index in [4.69, 9.17) is 21.4 Å². The van der Waals surface area contributed by atoms with Gasteiger partial charge < -0.3 is 15.2 Å². The normalized spacial score (nSPS) is 20.7. The van der Waals surface area contributed by atoms with E-state index >= 15 is 0 Å². The molecular formula is C13H16ClNO3. The number of rotatable bonds is 4. The number of carboxylic acids is 1. The number of aromatic carboxylic acids is 1. The second-order valence-corrected chi connectivity index (χ2v) is 4.89. The second kappa shape index (κ2) is 5.59. The molecule has 0 spiro atoms. The van der Waals surface area contributed by atoms with Crippen molar-refractivity contribution in [2.75, 3.05) is 11.9 Å². The highest BCUT2D eigenvalue weighted by Gasteiger charge is 2.22. The fraction of sp³-hybridized carbons (Fsp3) is 0.462. The van der Waals surface area contributed by atoms with Gasteiger partial charge in [0.15, 0.2) is 0 Å². The summed E-state index contributed by atoms with van der Waals surface area (Å²) in [5.41, 5.74) is 0.931. The summed E-state index contributed by atoms with van der Waals surface area (Å²) in [6.07, 6.45) is 2.32. The molecule has 1 saturated heterocycles. The molecule has 0 radical (unpaired) electrons. The lowest BCUT2D eigenvalue weighted by Gasteiger charge is -2.21. The van der Waals surface area contributed by atoms with Crippen molar-refractivity contribution in [3.8, 4) is 0 Å². The van der Waals surface area contributed by atoms with E-state index in [-0.39, 0.29) is 17.7 Å². The van der Waals surface area contributed by atoms with Crippen LogP contribution in [0.4, 0.5) is 5.69 Å². The Balaban J connectivity index is 2.06. The summed E-state index contributed by atoms with van der Waals surface area (Å²) in [6, 6.07) is 4.84. The molecular weight excluding hydrogens is 254 g/mol. The molecule has 0 bridgehead atoms. The molecule has 0 aliphatic carbocycles. The monoisotopic (exact) mass is 269 g/mol. The SMILES string of the molecule is CC(Nc1ccc(C(=O)O)cc1Cl)C1CCCO1. The summed E-state index contributed by atoms with van der Waals surface area (Å²) in [5, 5.41) is 12.5. The van der Waals surface area contributed by atoms with Gasteiger partial charge in [-0.2, -0.15) is 0 Å². The topological polar surface area (TPSA) is 58.6 Å². The molecule has 4 nitrogen and oxygen atoms in total. The molecule has 2 N–H and O–H groups in total. The molecule has 5 heteroatoms. The first-order chi connectivity index (χ1) is 8.58. The minimum atomic E-state index is -0.976. The second-order valence-electron chi connectivity index (χ2n) is 4.48. The third-order valence-corrected chi connectivity index (χ3v) is 3.43. The van der Waals surface area contributed by atoms with Gasteiger partial charge in [0, 0.05) is 12.6 Å². The van der Waals surface area contributed by atoms with Crippen LogP contribution in [0.5, 0.6) is 0 Å². The van der Waals surface area contributed by atoms with Gasteiger partial charge in [0.25, 0.3) is 0 Å². The third-order valence-electron chi connectivity index (χ3n) is 3.12. The van der Waals surface area contributed by atoms with Gasteiger partial charge in [-0.05, 0) is 38.0 Å². The minimum absolute atomic E-state index is 0.153. The third kappa shape index (κ3) is 2.94. The summed E-state index contributed by atoms with van der Waals surface area (Å²) < 4.78 is 5.59. The molecule has 1 aliphatic heterocycles. The molecule has 2 atom stereocenters. The highest BCUT2D eigenvalue weighted by Crippen LogP contribution is 2.26. The first-order valence-corrected chi connectivity index (χ1v) is 6.36. The number of nitrogens with one attached hydrogen (secondary N) is 1. The van der Waals surface area contributed by atoms with Crippen molar-refractivity contribution >= 4 is 23.3 Å². The molecule has 0 amide bonds. The molecule has 0 aromatic heterocycles. The van der Waals surface area contributed by atoms with Crippen molar-refractivity contribution in [2.24, 2.45) is 0 Å². The van der Waals surface area contributed by atoms with E-state index in [1.54, 1.807) is 12.1 Å². The molecule has 1 aliphatic rings. The van der Waals surface area contributed by atoms with Crippen LogP contribution >= 0.6 is 11.6 Å². The fourth-order valence-electron chi connectivity index (χ4n) is 2.10. The number of carboxylic acid groups (broad SMARTS) is 1. The lowest BCUT2D eigenvalue weighted by molar-refractivity contribution is 0.0697. The van der Waals surface area contributed by atoms with Crippen molar-refractivity contribution in [3.05, 3.63) is 28.8 Å². The zero-order valence-electron chi connectivity index (χ0n) is 10.1. The van der Waals surface area contributed by atoms with E-state index in [0.717, 1.165) is 25.1 Å². The van der Waals surface area contributed by atoms with Crippen molar-refractivity contribution in [1.29, 1.82) is 0 Å². The number of halogens is 1. The van der Waals surface area contributed by atoms with Gasteiger partial charge in [0.2, 0.25) is 0 Å². The number of hydrogen-bond donors (Lipinski definition) is 2. The highest BCUT2D eigenvalue weighted by molar-refractivity contribution is 6.33. The average Bonchev–Trinajstić information content (AvgIpc) is 2.85. The number of anilines is 1. The lowest BCUT2D eigenvalue weighted by atomic mass is 10.1. The van der Waals surface area contributed by atoms with Crippen LogP contribution in [0.3, 0.4) is 0 Å². The summed E-state index contributed by atoms with van der Waals surface area (Å²) >= 11 is 6.06. The van der Waals surface area contributed by atoms with Crippen molar-refractivity contribution in [3.63, 3.8) is 0 Å². The largest absolute Gasteiger partial charge is 0.478 e. The molecule has 1 aromatic rings. The maximum Gasteiger partial charge on any atom is 0.335 e. The summed E-state index contributed by atoms with van der Waals surface area (Å²) in [4.78, 5) is 10.8. The van der Waals surface area contributed by atoms with Crippen LogP contribution in [0, 0.1) is 0 Å². The summed E-state index contributed by atoms with van der Waals surface area (Å²) in [6.45, 7) is 2.85. The van der Waals surface area contributed by atoms with Gasteiger partial charge in [-0.1, -0.05) is 11.6 Å². The van der Waals surface area contributed by atoms with Crippen LogP contribution in [0.15, 0.2) is 18.2 Å². The van der Waals surface area contributed by atoms with Gasteiger partial charge >= 0.3 is 5.97 Å². The zero-order chi connectivity index (χ0) is 13.1.